The normalized spacial score (nSPS) is 15.0. The third-order valence-corrected chi connectivity index (χ3v) is 0.429. The SMILES string of the molecule is [CH2]C(O)OC(C)C. The molecule has 43 valence electrons. The number of aliphatic hydroxyl groups excluding tert-OH is 1. The quantitative estimate of drug-likeness (QED) is 0.517. The molecule has 1 unspecified atom stereocenters. The van der Waals surface area contributed by atoms with Crippen LogP contribution >= 0.6 is 0 Å². The average molecular weight is 103 g/mol. The maximum atomic E-state index is 8.39. The van der Waals surface area contributed by atoms with Crippen LogP contribution in [0, 0.1) is 6.92 Å². The molecule has 1 N–H and O–H groups in total. The fraction of sp³-hybridized carbons (Fsp3) is 0.800. The van der Waals surface area contributed by atoms with E-state index in [0.717, 1.165) is 0 Å². The van der Waals surface area contributed by atoms with E-state index in [-0.39, 0.29) is 6.10 Å². The van der Waals surface area contributed by atoms with Gasteiger partial charge in [-0.2, -0.15) is 0 Å². The van der Waals surface area contributed by atoms with E-state index in [0.29, 0.717) is 0 Å². The molecule has 0 spiro atoms. The topological polar surface area (TPSA) is 29.5 Å². The third-order valence-electron chi connectivity index (χ3n) is 0.429. The summed E-state index contributed by atoms with van der Waals surface area (Å²) in [5.74, 6) is 0. The summed E-state index contributed by atoms with van der Waals surface area (Å²) >= 11 is 0. The molecule has 0 aromatic rings. The molecule has 0 heterocycles. The number of hydrogen-bond acceptors (Lipinski definition) is 2. The maximum absolute atomic E-state index is 8.39. The largest absolute Gasteiger partial charge is 0.368 e. The fourth-order valence-corrected chi connectivity index (χ4v) is 0.314. The number of hydrogen-bond donors (Lipinski definition) is 1. The molecule has 0 aliphatic heterocycles. The van der Waals surface area contributed by atoms with Gasteiger partial charge in [-0.3, -0.25) is 0 Å². The van der Waals surface area contributed by atoms with E-state index in [1.54, 1.807) is 0 Å². The number of ether oxygens (including phenoxy) is 1. The van der Waals surface area contributed by atoms with Gasteiger partial charge in [0.1, 0.15) is 0 Å². The average Bonchev–Trinajstić information content (AvgIpc) is 1.27. The van der Waals surface area contributed by atoms with Crippen molar-refractivity contribution >= 4 is 0 Å². The molecular weight excluding hydrogens is 92.1 g/mol. The van der Waals surface area contributed by atoms with Crippen LogP contribution in [-0.2, 0) is 4.74 Å². The molecule has 0 bridgehead atoms. The first-order valence-electron chi connectivity index (χ1n) is 2.29. The monoisotopic (exact) mass is 103 g/mol. The molecule has 0 rings (SSSR count). The Morgan fingerprint density at radius 1 is 1.57 bits per heavy atom. The highest BCUT2D eigenvalue weighted by molar-refractivity contribution is 4.42. The summed E-state index contributed by atoms with van der Waals surface area (Å²) < 4.78 is 4.69. The van der Waals surface area contributed by atoms with Crippen LogP contribution in [-0.4, -0.2) is 17.5 Å². The van der Waals surface area contributed by atoms with Gasteiger partial charge in [0, 0.05) is 6.92 Å². The van der Waals surface area contributed by atoms with Crippen molar-refractivity contribution < 1.29 is 9.84 Å². The van der Waals surface area contributed by atoms with Gasteiger partial charge < -0.3 is 9.84 Å². The van der Waals surface area contributed by atoms with E-state index in [1.165, 1.54) is 0 Å². The summed E-state index contributed by atoms with van der Waals surface area (Å²) in [6.07, 6.45) is -0.812. The van der Waals surface area contributed by atoms with Crippen LogP contribution in [0.25, 0.3) is 0 Å². The first-order valence-corrected chi connectivity index (χ1v) is 2.29. The van der Waals surface area contributed by atoms with Gasteiger partial charge in [0.15, 0.2) is 6.29 Å². The lowest BCUT2D eigenvalue weighted by atomic mass is 10.5. The molecule has 0 aliphatic carbocycles. The standard InChI is InChI=1S/C5H11O2/c1-4(2)7-5(3)6/h4-6H,3H2,1-2H3. The predicted octanol–water partition coefficient (Wildman–Crippen LogP) is 0.564. The lowest BCUT2D eigenvalue weighted by molar-refractivity contribution is -0.0945. The van der Waals surface area contributed by atoms with Crippen LogP contribution in [0.3, 0.4) is 0 Å². The second-order valence-corrected chi connectivity index (χ2v) is 1.64. The Morgan fingerprint density at radius 2 is 2.00 bits per heavy atom. The van der Waals surface area contributed by atoms with Crippen molar-refractivity contribution in [3.8, 4) is 0 Å². The summed E-state index contributed by atoms with van der Waals surface area (Å²) in [6.45, 7) is 6.90. The minimum atomic E-state index is -0.875. The second-order valence-electron chi connectivity index (χ2n) is 1.64. The summed E-state index contributed by atoms with van der Waals surface area (Å²) in [5, 5.41) is 8.39. The Hall–Kier alpha value is -0.0800. The minimum absolute atomic E-state index is 0.0625. The second kappa shape index (κ2) is 2.99. The Balaban J connectivity index is 2.95. The third kappa shape index (κ3) is 5.92. The van der Waals surface area contributed by atoms with Crippen molar-refractivity contribution in [1.82, 2.24) is 0 Å². The van der Waals surface area contributed by atoms with Crippen LogP contribution in [0.4, 0.5) is 0 Å². The molecule has 1 radical (unpaired) electrons. The highest BCUT2D eigenvalue weighted by Crippen LogP contribution is 1.90. The molecule has 1 atom stereocenters. The van der Waals surface area contributed by atoms with Gasteiger partial charge in [0.25, 0.3) is 0 Å². The van der Waals surface area contributed by atoms with Crippen LogP contribution < -0.4 is 0 Å². The number of rotatable bonds is 2. The molecular formula is C5H11O2. The summed E-state index contributed by atoms with van der Waals surface area (Å²) in [7, 11) is 0. The van der Waals surface area contributed by atoms with Gasteiger partial charge in [-0.1, -0.05) is 0 Å². The zero-order chi connectivity index (χ0) is 5.86. The van der Waals surface area contributed by atoms with Crippen LogP contribution in [0.1, 0.15) is 13.8 Å². The molecule has 0 saturated carbocycles. The fourth-order valence-electron chi connectivity index (χ4n) is 0.314. The van der Waals surface area contributed by atoms with Gasteiger partial charge >= 0.3 is 0 Å². The maximum Gasteiger partial charge on any atom is 0.155 e. The Morgan fingerprint density at radius 3 is 2.00 bits per heavy atom. The summed E-state index contributed by atoms with van der Waals surface area (Å²) in [6, 6.07) is 0. The molecule has 0 aromatic carbocycles. The highest BCUT2D eigenvalue weighted by atomic mass is 16.6. The van der Waals surface area contributed by atoms with E-state index in [1.807, 2.05) is 13.8 Å². The molecule has 0 saturated heterocycles. The van der Waals surface area contributed by atoms with Crippen molar-refractivity contribution in [3.05, 3.63) is 6.92 Å². The smallest absolute Gasteiger partial charge is 0.155 e. The Bertz CT molecular complexity index is 35.3. The van der Waals surface area contributed by atoms with Crippen LogP contribution in [0.5, 0.6) is 0 Å². The highest BCUT2D eigenvalue weighted by Gasteiger charge is 1.95. The van der Waals surface area contributed by atoms with E-state index in [9.17, 15) is 0 Å². The van der Waals surface area contributed by atoms with Gasteiger partial charge in [-0.15, -0.1) is 0 Å². The lowest BCUT2D eigenvalue weighted by Crippen LogP contribution is -2.12. The number of aliphatic hydroxyl groups is 1. The Labute approximate surface area is 44.1 Å². The van der Waals surface area contributed by atoms with Crippen molar-refractivity contribution in [3.63, 3.8) is 0 Å². The lowest BCUT2D eigenvalue weighted by Gasteiger charge is -2.08. The molecule has 7 heavy (non-hydrogen) atoms. The van der Waals surface area contributed by atoms with Gasteiger partial charge in [0.05, 0.1) is 6.10 Å². The van der Waals surface area contributed by atoms with Gasteiger partial charge in [-0.25, -0.2) is 0 Å². The molecule has 2 nitrogen and oxygen atoms in total. The predicted molar refractivity (Wildman–Crippen MR) is 27.6 cm³/mol. The summed E-state index contributed by atoms with van der Waals surface area (Å²) in [5.41, 5.74) is 0. The van der Waals surface area contributed by atoms with Crippen LogP contribution in [0.15, 0.2) is 0 Å². The zero-order valence-electron chi connectivity index (χ0n) is 4.72. The molecule has 2 heteroatoms. The molecule has 0 fully saturated rings. The first kappa shape index (κ1) is 6.92. The molecule has 0 aromatic heterocycles. The van der Waals surface area contributed by atoms with Crippen LogP contribution in [0.2, 0.25) is 0 Å². The molecule has 0 amide bonds. The van der Waals surface area contributed by atoms with Gasteiger partial charge in [-0.05, 0) is 13.8 Å². The van der Waals surface area contributed by atoms with E-state index >= 15 is 0 Å². The van der Waals surface area contributed by atoms with Gasteiger partial charge in [0.2, 0.25) is 0 Å². The van der Waals surface area contributed by atoms with Crippen molar-refractivity contribution in [1.29, 1.82) is 0 Å². The van der Waals surface area contributed by atoms with Crippen molar-refractivity contribution in [2.75, 3.05) is 0 Å². The van der Waals surface area contributed by atoms with E-state index < -0.39 is 6.29 Å². The van der Waals surface area contributed by atoms with E-state index in [2.05, 4.69) is 6.92 Å². The van der Waals surface area contributed by atoms with Crippen molar-refractivity contribution in [2.24, 2.45) is 0 Å². The van der Waals surface area contributed by atoms with Crippen molar-refractivity contribution in [2.45, 2.75) is 26.2 Å². The first-order chi connectivity index (χ1) is 3.13. The molecule has 0 aliphatic rings. The zero-order valence-corrected chi connectivity index (χ0v) is 4.72. The minimum Gasteiger partial charge on any atom is -0.368 e. The summed E-state index contributed by atoms with van der Waals surface area (Å²) in [4.78, 5) is 0. The van der Waals surface area contributed by atoms with E-state index in [4.69, 9.17) is 9.84 Å². The Kier molecular flexibility index (Phi) is 2.96.